The first-order valence-corrected chi connectivity index (χ1v) is 7.89. The van der Waals surface area contributed by atoms with Crippen molar-refractivity contribution in [3.05, 3.63) is 22.4 Å². The molecule has 96 valence electrons. The van der Waals surface area contributed by atoms with E-state index < -0.39 is 0 Å². The van der Waals surface area contributed by atoms with E-state index in [0.717, 1.165) is 17.9 Å². The second-order valence-electron chi connectivity index (χ2n) is 5.80. The van der Waals surface area contributed by atoms with Gasteiger partial charge in [-0.05, 0) is 66.8 Å². The SMILES string of the molecule is CC(NC1CCC(C(C)C)CC1)c1ccsc1. The Labute approximate surface area is 110 Å². The predicted molar refractivity (Wildman–Crippen MR) is 76.5 cm³/mol. The second-order valence-corrected chi connectivity index (χ2v) is 6.58. The fourth-order valence-corrected chi connectivity index (χ4v) is 3.68. The van der Waals surface area contributed by atoms with Crippen LogP contribution in [0.2, 0.25) is 0 Å². The zero-order valence-corrected chi connectivity index (χ0v) is 12.1. The summed E-state index contributed by atoms with van der Waals surface area (Å²) in [7, 11) is 0. The normalized spacial score (nSPS) is 27.3. The van der Waals surface area contributed by atoms with Gasteiger partial charge in [0.25, 0.3) is 0 Å². The van der Waals surface area contributed by atoms with Gasteiger partial charge in [-0.15, -0.1) is 0 Å². The summed E-state index contributed by atoms with van der Waals surface area (Å²) in [5.74, 6) is 1.83. The van der Waals surface area contributed by atoms with E-state index in [1.54, 1.807) is 11.3 Å². The van der Waals surface area contributed by atoms with Gasteiger partial charge in [-0.1, -0.05) is 13.8 Å². The molecule has 1 aromatic heterocycles. The number of hydrogen-bond acceptors (Lipinski definition) is 2. The summed E-state index contributed by atoms with van der Waals surface area (Å²) in [4.78, 5) is 0. The molecule has 1 N–H and O–H groups in total. The molecule has 2 rings (SSSR count). The minimum atomic E-state index is 0.516. The topological polar surface area (TPSA) is 12.0 Å². The highest BCUT2D eigenvalue weighted by molar-refractivity contribution is 7.07. The molecule has 1 heterocycles. The smallest absolute Gasteiger partial charge is 0.0302 e. The molecule has 2 heteroatoms. The maximum absolute atomic E-state index is 3.79. The van der Waals surface area contributed by atoms with Crippen LogP contribution in [-0.4, -0.2) is 6.04 Å². The summed E-state index contributed by atoms with van der Waals surface area (Å²) in [6.07, 6.45) is 5.53. The molecule has 17 heavy (non-hydrogen) atoms. The summed E-state index contributed by atoms with van der Waals surface area (Å²) < 4.78 is 0. The van der Waals surface area contributed by atoms with E-state index in [1.165, 1.54) is 31.2 Å². The number of rotatable bonds is 4. The molecular formula is C15H25NS. The van der Waals surface area contributed by atoms with Gasteiger partial charge in [0, 0.05) is 12.1 Å². The molecule has 1 saturated carbocycles. The third-order valence-corrected chi connectivity index (χ3v) is 4.94. The van der Waals surface area contributed by atoms with Gasteiger partial charge in [-0.2, -0.15) is 11.3 Å². The first kappa shape index (κ1) is 13.1. The minimum absolute atomic E-state index is 0.516. The van der Waals surface area contributed by atoms with Gasteiger partial charge in [0.2, 0.25) is 0 Å². The lowest BCUT2D eigenvalue weighted by molar-refractivity contribution is 0.231. The summed E-state index contributed by atoms with van der Waals surface area (Å²) in [6.45, 7) is 7.02. The average Bonchev–Trinajstić information content (AvgIpc) is 2.83. The maximum Gasteiger partial charge on any atom is 0.0302 e. The van der Waals surface area contributed by atoms with Crippen LogP contribution in [-0.2, 0) is 0 Å². The van der Waals surface area contributed by atoms with Crippen LogP contribution < -0.4 is 5.32 Å². The van der Waals surface area contributed by atoms with Crippen molar-refractivity contribution in [2.24, 2.45) is 11.8 Å². The molecule has 0 aliphatic heterocycles. The Morgan fingerprint density at radius 2 is 1.88 bits per heavy atom. The highest BCUT2D eigenvalue weighted by Crippen LogP contribution is 2.31. The van der Waals surface area contributed by atoms with E-state index >= 15 is 0 Å². The predicted octanol–water partition coefficient (Wildman–Crippen LogP) is 4.61. The van der Waals surface area contributed by atoms with Crippen LogP contribution in [0.15, 0.2) is 16.8 Å². The van der Waals surface area contributed by atoms with E-state index in [0.29, 0.717) is 6.04 Å². The maximum atomic E-state index is 3.79. The van der Waals surface area contributed by atoms with Gasteiger partial charge in [0.05, 0.1) is 0 Å². The van der Waals surface area contributed by atoms with Gasteiger partial charge in [-0.3, -0.25) is 0 Å². The van der Waals surface area contributed by atoms with Gasteiger partial charge in [-0.25, -0.2) is 0 Å². The zero-order valence-electron chi connectivity index (χ0n) is 11.3. The third kappa shape index (κ3) is 3.56. The molecule has 0 spiro atoms. The quantitative estimate of drug-likeness (QED) is 0.823. The molecule has 0 bridgehead atoms. The van der Waals surface area contributed by atoms with Crippen molar-refractivity contribution in [2.45, 2.75) is 58.5 Å². The molecule has 0 aromatic carbocycles. The molecule has 0 radical (unpaired) electrons. The van der Waals surface area contributed by atoms with Gasteiger partial charge in [0.15, 0.2) is 0 Å². The zero-order chi connectivity index (χ0) is 12.3. The molecule has 1 unspecified atom stereocenters. The van der Waals surface area contributed by atoms with Gasteiger partial charge < -0.3 is 5.32 Å². The van der Waals surface area contributed by atoms with Crippen LogP contribution in [0, 0.1) is 11.8 Å². The molecule has 1 nitrogen and oxygen atoms in total. The number of thiophene rings is 1. The molecule has 1 aromatic rings. The lowest BCUT2D eigenvalue weighted by Gasteiger charge is -2.33. The number of nitrogens with one attached hydrogen (secondary N) is 1. The summed E-state index contributed by atoms with van der Waals surface area (Å²) in [6, 6.07) is 3.49. The summed E-state index contributed by atoms with van der Waals surface area (Å²) in [5, 5.41) is 8.22. The van der Waals surface area contributed by atoms with Crippen LogP contribution in [0.3, 0.4) is 0 Å². The van der Waals surface area contributed by atoms with Crippen LogP contribution in [0.1, 0.15) is 58.1 Å². The van der Waals surface area contributed by atoms with Crippen molar-refractivity contribution < 1.29 is 0 Å². The first-order chi connectivity index (χ1) is 8.16. The highest BCUT2D eigenvalue weighted by atomic mass is 32.1. The summed E-state index contributed by atoms with van der Waals surface area (Å²) >= 11 is 1.79. The van der Waals surface area contributed by atoms with E-state index in [4.69, 9.17) is 0 Å². The monoisotopic (exact) mass is 251 g/mol. The lowest BCUT2D eigenvalue weighted by atomic mass is 9.79. The fourth-order valence-electron chi connectivity index (χ4n) is 2.92. The summed E-state index contributed by atoms with van der Waals surface area (Å²) in [5.41, 5.74) is 1.45. The van der Waals surface area contributed by atoms with Crippen LogP contribution in [0.25, 0.3) is 0 Å². The third-order valence-electron chi connectivity index (χ3n) is 4.24. The Morgan fingerprint density at radius 1 is 1.18 bits per heavy atom. The highest BCUT2D eigenvalue weighted by Gasteiger charge is 2.24. The molecule has 0 amide bonds. The second kappa shape index (κ2) is 6.01. The Balaban J connectivity index is 1.78. The molecule has 1 aliphatic carbocycles. The average molecular weight is 251 g/mol. The molecular weight excluding hydrogens is 226 g/mol. The Morgan fingerprint density at radius 3 is 2.41 bits per heavy atom. The molecule has 1 fully saturated rings. The van der Waals surface area contributed by atoms with Crippen molar-refractivity contribution in [2.75, 3.05) is 0 Å². The Bertz CT molecular complexity index is 310. The van der Waals surface area contributed by atoms with Crippen molar-refractivity contribution in [3.63, 3.8) is 0 Å². The van der Waals surface area contributed by atoms with E-state index in [9.17, 15) is 0 Å². The molecule has 1 aliphatic rings. The standard InChI is InChI=1S/C15H25NS/c1-11(2)13-4-6-15(7-5-13)16-12(3)14-8-9-17-10-14/h8-13,15-16H,4-7H2,1-3H3. The van der Waals surface area contributed by atoms with Crippen molar-refractivity contribution in [1.29, 1.82) is 0 Å². The van der Waals surface area contributed by atoms with Crippen molar-refractivity contribution >= 4 is 11.3 Å². The Hall–Kier alpha value is -0.340. The van der Waals surface area contributed by atoms with Crippen LogP contribution in [0.4, 0.5) is 0 Å². The van der Waals surface area contributed by atoms with E-state index in [2.05, 4.69) is 42.9 Å². The van der Waals surface area contributed by atoms with Gasteiger partial charge in [0.1, 0.15) is 0 Å². The fraction of sp³-hybridized carbons (Fsp3) is 0.733. The molecule has 1 atom stereocenters. The van der Waals surface area contributed by atoms with Crippen LogP contribution in [0.5, 0.6) is 0 Å². The minimum Gasteiger partial charge on any atom is -0.307 e. The Kier molecular flexibility index (Phi) is 4.63. The first-order valence-electron chi connectivity index (χ1n) is 6.95. The number of hydrogen-bond donors (Lipinski definition) is 1. The largest absolute Gasteiger partial charge is 0.307 e. The van der Waals surface area contributed by atoms with Crippen LogP contribution >= 0.6 is 11.3 Å². The van der Waals surface area contributed by atoms with Gasteiger partial charge >= 0.3 is 0 Å². The molecule has 0 saturated heterocycles. The van der Waals surface area contributed by atoms with E-state index in [1.807, 2.05) is 0 Å². The van der Waals surface area contributed by atoms with E-state index in [-0.39, 0.29) is 0 Å². The van der Waals surface area contributed by atoms with Crippen molar-refractivity contribution in [1.82, 2.24) is 5.32 Å². The van der Waals surface area contributed by atoms with Crippen molar-refractivity contribution in [3.8, 4) is 0 Å². The lowest BCUT2D eigenvalue weighted by Crippen LogP contribution is -2.35.